The number of benzene rings is 1. The van der Waals surface area contributed by atoms with Crippen molar-refractivity contribution in [2.75, 3.05) is 13.1 Å². The lowest BCUT2D eigenvalue weighted by atomic mass is 9.92. The van der Waals surface area contributed by atoms with Crippen molar-refractivity contribution >= 4 is 5.57 Å². The number of fused-ring (bicyclic) bond motifs is 1. The van der Waals surface area contributed by atoms with Gasteiger partial charge in [0.15, 0.2) is 0 Å². The maximum atomic E-state index is 4.65. The summed E-state index contributed by atoms with van der Waals surface area (Å²) in [5.41, 5.74) is 5.27. The molecule has 1 aromatic heterocycles. The largest absolute Gasteiger partial charge is 0.370 e. The molecule has 3 heteroatoms. The molecule has 23 heavy (non-hydrogen) atoms. The molecule has 0 saturated heterocycles. The van der Waals surface area contributed by atoms with E-state index in [2.05, 4.69) is 69.4 Å². The highest BCUT2D eigenvalue weighted by Crippen LogP contribution is 2.31. The number of aromatic nitrogens is 2. The smallest absolute Gasteiger partial charge is 0.0649 e. The standard InChI is InChI=1S/C20H21N3/c1-3-9-18(10-4-1)23-20-11-7-8-17(19(20)16-21-23)12-15-22-13-5-2-6-14-22/h1-6,9-10,12-13,16H,7-8,11,14-15H2/b17-12+. The third-order valence-corrected chi connectivity index (χ3v) is 4.53. The third kappa shape index (κ3) is 2.87. The van der Waals surface area contributed by atoms with E-state index < -0.39 is 0 Å². The molecule has 0 saturated carbocycles. The van der Waals surface area contributed by atoms with Crippen molar-refractivity contribution < 1.29 is 0 Å². The maximum Gasteiger partial charge on any atom is 0.0649 e. The minimum Gasteiger partial charge on any atom is -0.370 e. The average Bonchev–Trinajstić information content (AvgIpc) is 3.06. The molecule has 2 aromatic rings. The van der Waals surface area contributed by atoms with Crippen LogP contribution in [0, 0.1) is 0 Å². The highest BCUT2D eigenvalue weighted by molar-refractivity contribution is 5.69. The number of para-hydroxylation sites is 1. The summed E-state index contributed by atoms with van der Waals surface area (Å²) >= 11 is 0. The van der Waals surface area contributed by atoms with Crippen LogP contribution in [0.2, 0.25) is 0 Å². The van der Waals surface area contributed by atoms with Crippen molar-refractivity contribution in [3.8, 4) is 5.69 Å². The molecule has 0 bridgehead atoms. The molecule has 1 aliphatic carbocycles. The van der Waals surface area contributed by atoms with Gasteiger partial charge in [-0.1, -0.05) is 36.4 Å². The normalized spacial score (nSPS) is 18.4. The molecule has 0 unspecified atom stereocenters. The fourth-order valence-corrected chi connectivity index (χ4v) is 3.34. The van der Waals surface area contributed by atoms with Crippen LogP contribution in [0.5, 0.6) is 0 Å². The van der Waals surface area contributed by atoms with E-state index in [1.807, 2.05) is 12.3 Å². The molecule has 2 heterocycles. The van der Waals surface area contributed by atoms with Gasteiger partial charge in [0, 0.05) is 18.7 Å². The van der Waals surface area contributed by atoms with Crippen LogP contribution in [0.3, 0.4) is 0 Å². The van der Waals surface area contributed by atoms with Gasteiger partial charge in [0.05, 0.1) is 17.6 Å². The first-order chi connectivity index (χ1) is 11.4. The van der Waals surface area contributed by atoms with Gasteiger partial charge in [-0.2, -0.15) is 5.10 Å². The number of allylic oxidation sites excluding steroid dienone is 3. The van der Waals surface area contributed by atoms with Gasteiger partial charge in [-0.05, 0) is 49.2 Å². The van der Waals surface area contributed by atoms with Crippen molar-refractivity contribution in [1.29, 1.82) is 0 Å². The summed E-state index contributed by atoms with van der Waals surface area (Å²) in [6.45, 7) is 1.96. The van der Waals surface area contributed by atoms with Crippen LogP contribution in [0.4, 0.5) is 0 Å². The molecule has 0 amide bonds. The monoisotopic (exact) mass is 303 g/mol. The third-order valence-electron chi connectivity index (χ3n) is 4.53. The van der Waals surface area contributed by atoms with Gasteiger partial charge in [0.1, 0.15) is 0 Å². The Balaban J connectivity index is 1.61. The Morgan fingerprint density at radius 2 is 2.00 bits per heavy atom. The Morgan fingerprint density at radius 3 is 2.83 bits per heavy atom. The van der Waals surface area contributed by atoms with Gasteiger partial charge in [0.2, 0.25) is 0 Å². The molecule has 0 spiro atoms. The van der Waals surface area contributed by atoms with E-state index in [1.165, 1.54) is 23.3 Å². The number of rotatable bonds is 3. The van der Waals surface area contributed by atoms with E-state index >= 15 is 0 Å². The molecule has 2 aliphatic rings. The second-order valence-corrected chi connectivity index (χ2v) is 6.06. The number of hydrogen-bond donors (Lipinski definition) is 0. The van der Waals surface area contributed by atoms with Gasteiger partial charge >= 0.3 is 0 Å². The molecule has 116 valence electrons. The summed E-state index contributed by atoms with van der Waals surface area (Å²) in [5.74, 6) is 0. The first-order valence-electron chi connectivity index (χ1n) is 8.31. The zero-order valence-corrected chi connectivity index (χ0v) is 13.2. The Bertz CT molecular complexity index is 765. The maximum absolute atomic E-state index is 4.65. The molecule has 0 N–H and O–H groups in total. The summed E-state index contributed by atoms with van der Waals surface area (Å²) in [4.78, 5) is 2.32. The van der Waals surface area contributed by atoms with Crippen LogP contribution in [0.15, 0.2) is 67.0 Å². The summed E-state index contributed by atoms with van der Waals surface area (Å²) in [6, 6.07) is 10.4. The first kappa shape index (κ1) is 14.1. The molecule has 0 fully saturated rings. The van der Waals surface area contributed by atoms with E-state index in [9.17, 15) is 0 Å². The van der Waals surface area contributed by atoms with Gasteiger partial charge in [-0.3, -0.25) is 0 Å². The Labute approximate surface area is 137 Å². The van der Waals surface area contributed by atoms with Crippen molar-refractivity contribution in [2.24, 2.45) is 0 Å². The van der Waals surface area contributed by atoms with Gasteiger partial charge < -0.3 is 4.90 Å². The number of nitrogens with zero attached hydrogens (tertiary/aromatic N) is 3. The van der Waals surface area contributed by atoms with Crippen molar-refractivity contribution in [3.05, 3.63) is 78.3 Å². The summed E-state index contributed by atoms with van der Waals surface area (Å²) < 4.78 is 2.10. The van der Waals surface area contributed by atoms with E-state index in [0.29, 0.717) is 0 Å². The van der Waals surface area contributed by atoms with E-state index in [0.717, 1.165) is 31.6 Å². The first-order valence-corrected chi connectivity index (χ1v) is 8.31. The Morgan fingerprint density at radius 1 is 1.09 bits per heavy atom. The predicted octanol–water partition coefficient (Wildman–Crippen LogP) is 3.98. The fraction of sp³-hybridized carbons (Fsp3) is 0.250. The second-order valence-electron chi connectivity index (χ2n) is 6.06. The van der Waals surface area contributed by atoms with Gasteiger partial charge in [-0.25, -0.2) is 4.68 Å². The van der Waals surface area contributed by atoms with Crippen LogP contribution in [-0.4, -0.2) is 27.8 Å². The molecule has 1 aliphatic heterocycles. The Hall–Kier alpha value is -2.55. The summed E-state index contributed by atoms with van der Waals surface area (Å²) in [7, 11) is 0. The highest BCUT2D eigenvalue weighted by atomic mass is 15.3. The van der Waals surface area contributed by atoms with E-state index in [1.54, 1.807) is 0 Å². The molecule has 0 radical (unpaired) electrons. The van der Waals surface area contributed by atoms with Crippen LogP contribution in [0.25, 0.3) is 11.3 Å². The molecule has 3 nitrogen and oxygen atoms in total. The fourth-order valence-electron chi connectivity index (χ4n) is 3.34. The van der Waals surface area contributed by atoms with Crippen LogP contribution in [0.1, 0.15) is 24.1 Å². The zero-order chi connectivity index (χ0) is 15.5. The van der Waals surface area contributed by atoms with Gasteiger partial charge in [-0.15, -0.1) is 0 Å². The quantitative estimate of drug-likeness (QED) is 0.855. The molecule has 0 atom stereocenters. The lowest BCUT2D eigenvalue weighted by Gasteiger charge is -2.21. The van der Waals surface area contributed by atoms with Crippen molar-refractivity contribution in [1.82, 2.24) is 14.7 Å². The lowest BCUT2D eigenvalue weighted by Crippen LogP contribution is -2.19. The minimum atomic E-state index is 0.964. The Kier molecular flexibility index (Phi) is 3.85. The predicted molar refractivity (Wildman–Crippen MR) is 94.3 cm³/mol. The number of hydrogen-bond acceptors (Lipinski definition) is 2. The summed E-state index contributed by atoms with van der Waals surface area (Å²) in [6.07, 6.45) is 16.4. The molecule has 1 aromatic carbocycles. The van der Waals surface area contributed by atoms with Crippen molar-refractivity contribution in [2.45, 2.75) is 19.3 Å². The summed E-state index contributed by atoms with van der Waals surface area (Å²) in [5, 5.41) is 4.65. The van der Waals surface area contributed by atoms with Crippen molar-refractivity contribution in [3.63, 3.8) is 0 Å². The van der Waals surface area contributed by atoms with Gasteiger partial charge in [0.25, 0.3) is 0 Å². The topological polar surface area (TPSA) is 21.1 Å². The molecular formula is C20H21N3. The molecule has 4 rings (SSSR count). The minimum absolute atomic E-state index is 0.964. The average molecular weight is 303 g/mol. The zero-order valence-electron chi connectivity index (χ0n) is 13.2. The van der Waals surface area contributed by atoms with Crippen LogP contribution >= 0.6 is 0 Å². The van der Waals surface area contributed by atoms with Crippen LogP contribution in [-0.2, 0) is 6.42 Å². The SMILES string of the molecule is C1=CCN(C/C=C2\CCCc3c2cnn3-c2ccccc2)C=C1. The van der Waals surface area contributed by atoms with E-state index in [-0.39, 0.29) is 0 Å². The van der Waals surface area contributed by atoms with E-state index in [4.69, 9.17) is 0 Å². The highest BCUT2D eigenvalue weighted by Gasteiger charge is 2.19. The second kappa shape index (κ2) is 6.29. The van der Waals surface area contributed by atoms with Crippen LogP contribution < -0.4 is 0 Å². The molecular weight excluding hydrogens is 282 g/mol. The lowest BCUT2D eigenvalue weighted by molar-refractivity contribution is 0.457.